The standard InChI is InChI=1S/C19H37N/c1-7-18(14(2)3)20(17-11-9-8-10-12-17)19(6)13-15(4)16(19)5/h14-18H,7-13H2,1-6H3/t15-,16?,18?,19?/m1/s1. The maximum absolute atomic E-state index is 3.02. The Morgan fingerprint density at radius 3 is 2.10 bits per heavy atom. The zero-order valence-corrected chi connectivity index (χ0v) is 14.8. The van der Waals surface area contributed by atoms with Crippen LogP contribution in [0, 0.1) is 17.8 Å². The van der Waals surface area contributed by atoms with Crippen molar-refractivity contribution in [1.82, 2.24) is 4.90 Å². The van der Waals surface area contributed by atoms with E-state index in [0.29, 0.717) is 5.54 Å². The smallest absolute Gasteiger partial charge is 0.0218 e. The summed E-state index contributed by atoms with van der Waals surface area (Å²) < 4.78 is 0. The van der Waals surface area contributed by atoms with E-state index in [9.17, 15) is 0 Å². The summed E-state index contributed by atoms with van der Waals surface area (Å²) in [6, 6.07) is 1.63. The van der Waals surface area contributed by atoms with Crippen molar-refractivity contribution < 1.29 is 0 Å². The van der Waals surface area contributed by atoms with Crippen molar-refractivity contribution in [1.29, 1.82) is 0 Å². The van der Waals surface area contributed by atoms with E-state index in [1.54, 1.807) is 0 Å². The van der Waals surface area contributed by atoms with Crippen LogP contribution in [0.4, 0.5) is 0 Å². The van der Waals surface area contributed by atoms with Crippen molar-refractivity contribution in [3.05, 3.63) is 0 Å². The van der Waals surface area contributed by atoms with Crippen LogP contribution >= 0.6 is 0 Å². The summed E-state index contributed by atoms with van der Waals surface area (Å²) in [5.41, 5.74) is 0.465. The van der Waals surface area contributed by atoms with Crippen LogP contribution in [0.2, 0.25) is 0 Å². The summed E-state index contributed by atoms with van der Waals surface area (Å²) in [4.78, 5) is 3.02. The summed E-state index contributed by atoms with van der Waals surface area (Å²) in [7, 11) is 0. The molecule has 2 rings (SSSR count). The molecule has 0 saturated heterocycles. The molecule has 118 valence electrons. The fraction of sp³-hybridized carbons (Fsp3) is 1.00. The molecule has 4 atom stereocenters. The van der Waals surface area contributed by atoms with E-state index in [1.807, 2.05) is 0 Å². The van der Waals surface area contributed by atoms with Gasteiger partial charge in [-0.1, -0.05) is 53.9 Å². The van der Waals surface area contributed by atoms with Crippen LogP contribution < -0.4 is 0 Å². The van der Waals surface area contributed by atoms with Crippen LogP contribution in [-0.4, -0.2) is 22.5 Å². The molecule has 3 unspecified atom stereocenters. The molecule has 2 aliphatic rings. The lowest BCUT2D eigenvalue weighted by atomic mass is 9.59. The van der Waals surface area contributed by atoms with Gasteiger partial charge in [0.2, 0.25) is 0 Å². The molecule has 2 aliphatic carbocycles. The fourth-order valence-electron chi connectivity index (χ4n) is 5.22. The number of rotatable bonds is 5. The molecule has 0 aromatic carbocycles. The quantitative estimate of drug-likeness (QED) is 0.643. The van der Waals surface area contributed by atoms with Gasteiger partial charge in [0.25, 0.3) is 0 Å². The highest BCUT2D eigenvalue weighted by Crippen LogP contribution is 2.51. The lowest BCUT2D eigenvalue weighted by molar-refractivity contribution is -0.124. The van der Waals surface area contributed by atoms with Gasteiger partial charge < -0.3 is 0 Å². The third kappa shape index (κ3) is 2.80. The molecule has 0 aromatic heterocycles. The summed E-state index contributed by atoms with van der Waals surface area (Å²) in [5.74, 6) is 2.55. The maximum atomic E-state index is 3.02. The van der Waals surface area contributed by atoms with Crippen LogP contribution in [0.15, 0.2) is 0 Å². The molecule has 0 spiro atoms. The molecule has 0 radical (unpaired) electrons. The molecule has 2 fully saturated rings. The third-order valence-corrected chi connectivity index (χ3v) is 6.67. The minimum absolute atomic E-state index is 0.465. The molecule has 20 heavy (non-hydrogen) atoms. The van der Waals surface area contributed by atoms with Crippen molar-refractivity contribution in [2.24, 2.45) is 17.8 Å². The van der Waals surface area contributed by atoms with Crippen molar-refractivity contribution in [2.75, 3.05) is 0 Å². The van der Waals surface area contributed by atoms with E-state index in [2.05, 4.69) is 46.4 Å². The van der Waals surface area contributed by atoms with Crippen LogP contribution in [0.1, 0.15) is 86.5 Å². The molecule has 0 bridgehead atoms. The average Bonchev–Trinajstić information content (AvgIpc) is 2.44. The first kappa shape index (κ1) is 16.3. The van der Waals surface area contributed by atoms with Gasteiger partial charge in [0.05, 0.1) is 0 Å². The minimum atomic E-state index is 0.465. The normalized spacial score (nSPS) is 37.2. The van der Waals surface area contributed by atoms with Crippen molar-refractivity contribution in [3.63, 3.8) is 0 Å². The molecule has 2 saturated carbocycles. The number of nitrogens with zero attached hydrogens (tertiary/aromatic N) is 1. The van der Waals surface area contributed by atoms with Crippen LogP contribution in [-0.2, 0) is 0 Å². The molecule has 0 aliphatic heterocycles. The van der Waals surface area contributed by atoms with Gasteiger partial charge in [-0.15, -0.1) is 0 Å². The second kappa shape index (κ2) is 6.38. The Labute approximate surface area is 127 Å². The number of hydrogen-bond donors (Lipinski definition) is 0. The lowest BCUT2D eigenvalue weighted by Crippen LogP contribution is -2.67. The van der Waals surface area contributed by atoms with Gasteiger partial charge in [0.1, 0.15) is 0 Å². The highest BCUT2D eigenvalue weighted by atomic mass is 15.3. The molecular formula is C19H37N. The van der Waals surface area contributed by atoms with Crippen molar-refractivity contribution in [3.8, 4) is 0 Å². The van der Waals surface area contributed by atoms with Crippen LogP contribution in [0.3, 0.4) is 0 Å². The first-order valence-electron chi connectivity index (χ1n) is 9.20. The van der Waals surface area contributed by atoms with Crippen LogP contribution in [0.25, 0.3) is 0 Å². The van der Waals surface area contributed by atoms with Crippen molar-refractivity contribution >= 4 is 0 Å². The first-order chi connectivity index (χ1) is 9.41. The van der Waals surface area contributed by atoms with Gasteiger partial charge in [0, 0.05) is 17.6 Å². The van der Waals surface area contributed by atoms with E-state index in [0.717, 1.165) is 29.8 Å². The lowest BCUT2D eigenvalue weighted by Gasteiger charge is -2.62. The zero-order chi connectivity index (χ0) is 14.9. The first-order valence-corrected chi connectivity index (χ1v) is 9.20. The Morgan fingerprint density at radius 1 is 1.10 bits per heavy atom. The molecule has 0 N–H and O–H groups in total. The van der Waals surface area contributed by atoms with E-state index in [4.69, 9.17) is 0 Å². The van der Waals surface area contributed by atoms with E-state index in [1.165, 1.54) is 44.9 Å². The summed E-state index contributed by atoms with van der Waals surface area (Å²) in [5, 5.41) is 0. The molecule has 0 heterocycles. The minimum Gasteiger partial charge on any atom is -0.292 e. The van der Waals surface area contributed by atoms with E-state index >= 15 is 0 Å². The second-order valence-corrected chi connectivity index (χ2v) is 8.25. The van der Waals surface area contributed by atoms with Gasteiger partial charge in [0.15, 0.2) is 0 Å². The highest BCUT2D eigenvalue weighted by molar-refractivity contribution is 5.07. The van der Waals surface area contributed by atoms with E-state index < -0.39 is 0 Å². The molecule has 1 nitrogen and oxygen atoms in total. The SMILES string of the molecule is CCC(C(C)C)N(C1CCCCC1)C1(C)C[C@@H](C)C1C. The molecular weight excluding hydrogens is 242 g/mol. The Kier molecular flexibility index (Phi) is 5.21. The second-order valence-electron chi connectivity index (χ2n) is 8.25. The molecule has 0 aromatic rings. The Balaban J connectivity index is 2.23. The zero-order valence-electron chi connectivity index (χ0n) is 14.8. The predicted molar refractivity (Wildman–Crippen MR) is 89.0 cm³/mol. The average molecular weight is 280 g/mol. The van der Waals surface area contributed by atoms with Crippen molar-refractivity contribution in [2.45, 2.75) is 104 Å². The molecule has 1 heteroatoms. The largest absolute Gasteiger partial charge is 0.292 e. The summed E-state index contributed by atoms with van der Waals surface area (Å²) >= 11 is 0. The maximum Gasteiger partial charge on any atom is 0.0218 e. The van der Waals surface area contributed by atoms with Gasteiger partial charge in [-0.3, -0.25) is 4.90 Å². The topological polar surface area (TPSA) is 3.24 Å². The van der Waals surface area contributed by atoms with Gasteiger partial charge in [-0.2, -0.15) is 0 Å². The summed E-state index contributed by atoms with van der Waals surface area (Å²) in [6.45, 7) is 14.8. The van der Waals surface area contributed by atoms with E-state index in [-0.39, 0.29) is 0 Å². The van der Waals surface area contributed by atoms with Gasteiger partial charge in [-0.05, 0) is 50.4 Å². The van der Waals surface area contributed by atoms with Gasteiger partial charge in [-0.25, -0.2) is 0 Å². The Hall–Kier alpha value is -0.0400. The Morgan fingerprint density at radius 2 is 1.70 bits per heavy atom. The summed E-state index contributed by atoms with van der Waals surface area (Å²) in [6.07, 6.45) is 9.98. The monoisotopic (exact) mass is 279 g/mol. The Bertz CT molecular complexity index is 305. The van der Waals surface area contributed by atoms with Crippen LogP contribution in [0.5, 0.6) is 0 Å². The predicted octanol–water partition coefficient (Wildman–Crippen LogP) is 5.49. The van der Waals surface area contributed by atoms with Gasteiger partial charge >= 0.3 is 0 Å². The molecule has 0 amide bonds. The fourth-order valence-corrected chi connectivity index (χ4v) is 5.22. The third-order valence-electron chi connectivity index (χ3n) is 6.67. The number of hydrogen-bond acceptors (Lipinski definition) is 1. The highest BCUT2D eigenvalue weighted by Gasteiger charge is 2.53.